The summed E-state index contributed by atoms with van der Waals surface area (Å²) in [6.45, 7) is 1.88. The molecular weight excluding hydrogens is 651 g/mol. The monoisotopic (exact) mass is 671 g/mol. The maximum absolute atomic E-state index is 13.6. The van der Waals surface area contributed by atoms with Crippen molar-refractivity contribution in [1.29, 1.82) is 5.41 Å². The molecule has 0 bridgehead atoms. The Hall–Kier alpha value is -3.69. The van der Waals surface area contributed by atoms with E-state index in [1.807, 2.05) is 22.6 Å². The lowest BCUT2D eigenvalue weighted by Crippen LogP contribution is -2.23. The molecule has 14 heteroatoms. The highest BCUT2D eigenvalue weighted by Crippen LogP contribution is 2.36. The van der Waals surface area contributed by atoms with Crippen LogP contribution < -0.4 is 5.62 Å². The molecule has 7 nitrogen and oxygen atoms in total. The fraction of sp³-hybridized carbons (Fsp3) is 0.231. The number of benzene rings is 2. The van der Waals surface area contributed by atoms with Crippen molar-refractivity contribution < 1.29 is 26.3 Å². The van der Waals surface area contributed by atoms with E-state index >= 15 is 0 Å². The van der Waals surface area contributed by atoms with Crippen LogP contribution in [0.4, 0.5) is 26.3 Å². The Labute approximate surface area is 236 Å². The Morgan fingerprint density at radius 2 is 1.62 bits per heavy atom. The lowest BCUT2D eigenvalue weighted by Gasteiger charge is -2.12. The molecule has 1 N–H and O–H groups in total. The third kappa shape index (κ3) is 5.11. The highest BCUT2D eigenvalue weighted by atomic mass is 127. The number of hydrogen-bond donors (Lipinski definition) is 1. The Balaban J connectivity index is 1.53. The molecule has 1 unspecified atom stereocenters. The van der Waals surface area contributed by atoms with Gasteiger partial charge in [-0.3, -0.25) is 9.98 Å². The zero-order valence-electron chi connectivity index (χ0n) is 20.9. The van der Waals surface area contributed by atoms with Gasteiger partial charge >= 0.3 is 12.4 Å². The van der Waals surface area contributed by atoms with Crippen LogP contribution in [0.3, 0.4) is 0 Å². The lowest BCUT2D eigenvalue weighted by atomic mass is 10.1. The largest absolute Gasteiger partial charge is 0.434 e. The fourth-order valence-corrected chi connectivity index (χ4v) is 4.78. The zero-order chi connectivity index (χ0) is 29.0. The van der Waals surface area contributed by atoms with Crippen LogP contribution in [0.2, 0.25) is 0 Å². The molecule has 1 atom stereocenters. The summed E-state index contributed by atoms with van der Waals surface area (Å²) >= 11 is 2.01. The molecule has 0 radical (unpaired) electrons. The summed E-state index contributed by atoms with van der Waals surface area (Å²) in [6, 6.07) is 11.7. The average Bonchev–Trinajstić information content (AvgIpc) is 3.45. The van der Waals surface area contributed by atoms with Crippen LogP contribution in [-0.2, 0) is 25.9 Å². The van der Waals surface area contributed by atoms with Crippen LogP contribution in [0, 0.1) is 5.41 Å². The van der Waals surface area contributed by atoms with Crippen LogP contribution in [0.1, 0.15) is 27.8 Å². The SMILES string of the molecule is CC(I)n1cc(C(F)(F)F)nc1-c1ccc(Cn2c(=N)n(C)c3cnc(-c4ccccc4C(F)(F)F)nc32)cc1. The van der Waals surface area contributed by atoms with Gasteiger partial charge in [-0.15, -0.1) is 0 Å². The quantitative estimate of drug-likeness (QED) is 0.127. The number of rotatable bonds is 5. The number of imidazole rings is 2. The first kappa shape index (κ1) is 27.9. The second-order valence-corrected chi connectivity index (χ2v) is 10.8. The van der Waals surface area contributed by atoms with Crippen molar-refractivity contribution >= 4 is 33.8 Å². The van der Waals surface area contributed by atoms with Gasteiger partial charge in [-0.05, 0) is 18.6 Å². The van der Waals surface area contributed by atoms with Gasteiger partial charge in [0, 0.05) is 24.4 Å². The molecule has 3 aromatic heterocycles. The maximum Gasteiger partial charge on any atom is 0.434 e. The molecule has 0 spiro atoms. The molecule has 208 valence electrons. The van der Waals surface area contributed by atoms with Crippen LogP contribution in [0.15, 0.2) is 60.9 Å². The molecule has 40 heavy (non-hydrogen) atoms. The predicted molar refractivity (Wildman–Crippen MR) is 143 cm³/mol. The maximum atomic E-state index is 13.6. The van der Waals surface area contributed by atoms with Crippen molar-refractivity contribution in [3.63, 3.8) is 0 Å². The van der Waals surface area contributed by atoms with E-state index in [0.717, 1.165) is 12.3 Å². The van der Waals surface area contributed by atoms with E-state index < -0.39 is 23.6 Å². The third-order valence-electron chi connectivity index (χ3n) is 6.37. The van der Waals surface area contributed by atoms with Gasteiger partial charge in [0.05, 0.1) is 22.4 Å². The number of halogens is 7. The van der Waals surface area contributed by atoms with Crippen molar-refractivity contribution in [3.8, 4) is 22.8 Å². The molecule has 2 aromatic carbocycles. The highest BCUT2D eigenvalue weighted by molar-refractivity contribution is 14.1. The number of alkyl halides is 7. The summed E-state index contributed by atoms with van der Waals surface area (Å²) in [5.41, 5.74) is -0.1000. The first-order valence-corrected chi connectivity index (χ1v) is 13.0. The zero-order valence-corrected chi connectivity index (χ0v) is 23.0. The lowest BCUT2D eigenvalue weighted by molar-refractivity contribution is -0.141. The van der Waals surface area contributed by atoms with Gasteiger partial charge in [-0.1, -0.05) is 65.1 Å². The topological polar surface area (TPSA) is 77.3 Å². The summed E-state index contributed by atoms with van der Waals surface area (Å²) in [7, 11) is 1.63. The molecule has 0 aliphatic carbocycles. The van der Waals surface area contributed by atoms with Gasteiger partial charge in [0.15, 0.2) is 17.2 Å². The van der Waals surface area contributed by atoms with Crippen LogP contribution in [-0.4, -0.2) is 28.7 Å². The number of fused-ring (bicyclic) bond motifs is 1. The Kier molecular flexibility index (Phi) is 7.00. The van der Waals surface area contributed by atoms with Crippen molar-refractivity contribution in [2.75, 3.05) is 0 Å². The first-order valence-electron chi connectivity index (χ1n) is 11.8. The van der Waals surface area contributed by atoms with Gasteiger partial charge in [0.1, 0.15) is 11.3 Å². The van der Waals surface area contributed by atoms with Gasteiger partial charge in [0.2, 0.25) is 5.62 Å². The van der Waals surface area contributed by atoms with Crippen molar-refractivity contribution in [2.45, 2.75) is 29.9 Å². The number of aryl methyl sites for hydroxylation is 1. The molecule has 0 aliphatic rings. The summed E-state index contributed by atoms with van der Waals surface area (Å²) < 4.78 is 84.9. The normalized spacial score (nSPS) is 13.2. The molecule has 5 aromatic rings. The molecule has 0 fully saturated rings. The second kappa shape index (κ2) is 10.1. The summed E-state index contributed by atoms with van der Waals surface area (Å²) in [5, 5.41) is 8.56. The standard InChI is InChI=1S/C26H20F6IN7/c1-14(33)39-13-20(26(30,31)32)36-22(39)16-9-7-15(8-10-16)12-40-23-19(38(2)24(40)34)11-35-21(37-23)17-5-3-4-6-18(17)25(27,28)29/h3-11,13-14,34H,12H2,1-2H3. The highest BCUT2D eigenvalue weighted by Gasteiger charge is 2.36. The van der Waals surface area contributed by atoms with E-state index in [0.29, 0.717) is 16.6 Å². The van der Waals surface area contributed by atoms with Gasteiger partial charge in [-0.25, -0.2) is 15.0 Å². The van der Waals surface area contributed by atoms with E-state index in [2.05, 4.69) is 15.0 Å². The van der Waals surface area contributed by atoms with Gasteiger partial charge in [-0.2, -0.15) is 26.3 Å². The molecule has 0 saturated heterocycles. The summed E-state index contributed by atoms with van der Waals surface area (Å²) in [6.07, 6.45) is -6.82. The second-order valence-electron chi connectivity index (χ2n) is 9.04. The molecule has 0 aliphatic heterocycles. The van der Waals surface area contributed by atoms with Gasteiger partial charge < -0.3 is 9.13 Å². The van der Waals surface area contributed by atoms with E-state index in [4.69, 9.17) is 5.41 Å². The minimum Gasteiger partial charge on any atom is -0.318 e. The van der Waals surface area contributed by atoms with Crippen LogP contribution >= 0.6 is 22.6 Å². The molecule has 3 heterocycles. The minimum atomic E-state index is -4.60. The van der Waals surface area contributed by atoms with E-state index in [9.17, 15) is 26.3 Å². The third-order valence-corrected chi connectivity index (χ3v) is 6.97. The fourth-order valence-electron chi connectivity index (χ4n) is 4.36. The van der Waals surface area contributed by atoms with Crippen molar-refractivity contribution in [2.24, 2.45) is 7.05 Å². The van der Waals surface area contributed by atoms with Crippen LogP contribution in [0.25, 0.3) is 33.9 Å². The molecule has 0 saturated carbocycles. The number of hydrogen-bond acceptors (Lipinski definition) is 4. The summed E-state index contributed by atoms with van der Waals surface area (Å²) in [4.78, 5) is 12.4. The Morgan fingerprint density at radius 3 is 2.25 bits per heavy atom. The number of nitrogens with one attached hydrogen (secondary N) is 1. The minimum absolute atomic E-state index is 0.0405. The van der Waals surface area contributed by atoms with Crippen molar-refractivity contribution in [1.82, 2.24) is 28.7 Å². The smallest absolute Gasteiger partial charge is 0.318 e. The average molecular weight is 671 g/mol. The predicted octanol–water partition coefficient (Wildman–Crippen LogP) is 6.82. The molecule has 5 rings (SSSR count). The Morgan fingerprint density at radius 1 is 0.950 bits per heavy atom. The summed E-state index contributed by atoms with van der Waals surface area (Å²) in [5.74, 6) is 0.0378. The molecular formula is C26H20F6IN7. The van der Waals surface area contributed by atoms with Gasteiger partial charge in [0.25, 0.3) is 0 Å². The van der Waals surface area contributed by atoms with E-state index in [1.54, 1.807) is 38.2 Å². The first-order chi connectivity index (χ1) is 18.8. The van der Waals surface area contributed by atoms with E-state index in [1.165, 1.54) is 38.1 Å². The van der Waals surface area contributed by atoms with Crippen molar-refractivity contribution in [3.05, 3.63) is 83.4 Å². The number of aromatic nitrogens is 6. The number of nitrogens with zero attached hydrogens (tertiary/aromatic N) is 6. The van der Waals surface area contributed by atoms with E-state index in [-0.39, 0.29) is 39.1 Å². The molecule has 0 amide bonds. The van der Waals surface area contributed by atoms with Crippen LogP contribution in [0.5, 0.6) is 0 Å². The Bertz CT molecular complexity index is 1760.